The van der Waals surface area contributed by atoms with Crippen LogP contribution in [-0.2, 0) is 16.0 Å². The minimum absolute atomic E-state index is 0.0660. The van der Waals surface area contributed by atoms with Crippen molar-refractivity contribution in [3.63, 3.8) is 0 Å². The molecule has 0 heterocycles. The van der Waals surface area contributed by atoms with Crippen LogP contribution in [0.3, 0.4) is 0 Å². The van der Waals surface area contributed by atoms with E-state index in [0.29, 0.717) is 0 Å². The van der Waals surface area contributed by atoms with Gasteiger partial charge >= 0.3 is 0 Å². The van der Waals surface area contributed by atoms with Crippen molar-refractivity contribution in [3.8, 4) is 11.5 Å². The molecule has 26 heavy (non-hydrogen) atoms. The van der Waals surface area contributed by atoms with Crippen molar-refractivity contribution in [2.75, 3.05) is 0 Å². The maximum atomic E-state index is 9.47. The van der Waals surface area contributed by atoms with E-state index in [-0.39, 0.29) is 11.5 Å². The number of aryl methyl sites for hydroxylation is 1. The molecule has 2 rings (SSSR count). The van der Waals surface area contributed by atoms with Crippen molar-refractivity contribution in [3.05, 3.63) is 65.2 Å². The van der Waals surface area contributed by atoms with Crippen molar-refractivity contribution in [2.45, 2.75) is 27.2 Å². The number of aliphatic carboxylic acids is 2. The zero-order valence-corrected chi connectivity index (χ0v) is 15.0. The fourth-order valence-corrected chi connectivity index (χ4v) is 1.83. The molecule has 0 radical (unpaired) electrons. The monoisotopic (exact) mass is 360 g/mol. The Morgan fingerprint density at radius 1 is 0.923 bits per heavy atom. The summed E-state index contributed by atoms with van der Waals surface area (Å²) in [5, 5.41) is 33.7. The molecule has 0 unspecified atom stereocenters. The molecule has 0 bridgehead atoms. The molecule has 2 aromatic carbocycles. The molecule has 0 spiro atoms. The largest absolute Gasteiger partial charge is 0.504 e. The first-order valence-corrected chi connectivity index (χ1v) is 7.75. The molecule has 6 heteroatoms. The molecule has 0 aliphatic carbocycles. The van der Waals surface area contributed by atoms with Gasteiger partial charge in [-0.2, -0.15) is 0 Å². The average Bonchev–Trinajstić information content (AvgIpc) is 2.52. The van der Waals surface area contributed by atoms with E-state index in [1.165, 1.54) is 0 Å². The molecule has 0 aliphatic rings. The number of allylic oxidation sites excluding steroid dienone is 1. The summed E-state index contributed by atoms with van der Waals surface area (Å²) in [6.07, 6.45) is 4.83. The summed E-state index contributed by atoms with van der Waals surface area (Å²) in [5.41, 5.74) is 3.14. The highest BCUT2D eigenvalue weighted by Gasteiger charge is 2.03. The van der Waals surface area contributed by atoms with Gasteiger partial charge in [-0.25, -0.2) is 0 Å². The number of phenols is 2. The van der Waals surface area contributed by atoms with E-state index in [1.54, 1.807) is 12.1 Å². The molecule has 0 saturated heterocycles. The number of aromatic hydroxyl groups is 2. The Balaban J connectivity index is 0.000000662. The molecule has 0 saturated carbocycles. The number of rotatable bonds is 3. The maximum Gasteiger partial charge on any atom is 0.300 e. The number of hydrogen-bond donors (Lipinski definition) is 4. The smallest absolute Gasteiger partial charge is 0.300 e. The van der Waals surface area contributed by atoms with Gasteiger partial charge < -0.3 is 20.4 Å². The van der Waals surface area contributed by atoms with E-state index in [2.05, 4.69) is 0 Å². The fourth-order valence-electron chi connectivity index (χ4n) is 1.83. The van der Waals surface area contributed by atoms with Crippen molar-refractivity contribution in [2.24, 2.45) is 0 Å². The molecule has 0 aromatic heterocycles. The van der Waals surface area contributed by atoms with E-state index in [4.69, 9.17) is 19.8 Å². The van der Waals surface area contributed by atoms with Crippen LogP contribution in [0.15, 0.2) is 48.5 Å². The number of carbonyl (C=O) groups is 2. The number of hydrogen-bond acceptors (Lipinski definition) is 4. The molecule has 140 valence electrons. The van der Waals surface area contributed by atoms with Gasteiger partial charge in [0.1, 0.15) is 0 Å². The molecule has 2 aromatic rings. The van der Waals surface area contributed by atoms with Crippen molar-refractivity contribution < 1.29 is 30.0 Å². The summed E-state index contributed by atoms with van der Waals surface area (Å²) >= 11 is 0. The number of carboxylic acids is 2. The van der Waals surface area contributed by atoms with Crippen molar-refractivity contribution in [1.29, 1.82) is 0 Å². The molecule has 4 N–H and O–H groups in total. The van der Waals surface area contributed by atoms with Gasteiger partial charge in [0.05, 0.1) is 0 Å². The highest BCUT2D eigenvalue weighted by Crippen LogP contribution is 2.28. The van der Waals surface area contributed by atoms with Crippen LogP contribution in [0.1, 0.15) is 30.5 Å². The van der Waals surface area contributed by atoms with Crippen LogP contribution in [-0.4, -0.2) is 32.4 Å². The minimum atomic E-state index is -0.833. The van der Waals surface area contributed by atoms with E-state index in [9.17, 15) is 10.2 Å². The Labute approximate surface area is 152 Å². The minimum Gasteiger partial charge on any atom is -0.504 e. The summed E-state index contributed by atoms with van der Waals surface area (Å²) in [7, 11) is 0. The fraction of sp³-hybridized carbons (Fsp3) is 0.200. The molecular formula is C20H24O6. The topological polar surface area (TPSA) is 115 Å². The Morgan fingerprint density at radius 2 is 1.38 bits per heavy atom. The quantitative estimate of drug-likeness (QED) is 0.618. The summed E-state index contributed by atoms with van der Waals surface area (Å²) < 4.78 is 0. The second kappa shape index (κ2) is 12.1. The number of benzene rings is 2. The Bertz CT molecular complexity index is 715. The molecule has 6 nitrogen and oxygen atoms in total. The first-order chi connectivity index (χ1) is 12.1. The van der Waals surface area contributed by atoms with Gasteiger partial charge in [-0.1, -0.05) is 42.5 Å². The summed E-state index contributed by atoms with van der Waals surface area (Å²) in [6.45, 7) is 4.09. The Morgan fingerprint density at radius 3 is 1.88 bits per heavy atom. The second-order valence-electron chi connectivity index (χ2n) is 5.32. The van der Waals surface area contributed by atoms with Crippen LogP contribution in [0.5, 0.6) is 11.5 Å². The normalized spacial score (nSPS) is 9.50. The molecule has 0 amide bonds. The third kappa shape index (κ3) is 11.3. The predicted octanol–water partition coefficient (Wildman–Crippen LogP) is 3.84. The Hall–Kier alpha value is -3.28. The Kier molecular flexibility index (Phi) is 10.6. The van der Waals surface area contributed by atoms with Gasteiger partial charge in [0.2, 0.25) is 0 Å². The predicted molar refractivity (Wildman–Crippen MR) is 100 cm³/mol. The summed E-state index contributed by atoms with van der Waals surface area (Å²) in [4.78, 5) is 18.0. The van der Waals surface area contributed by atoms with Crippen LogP contribution < -0.4 is 0 Å². The third-order valence-corrected chi connectivity index (χ3v) is 2.88. The van der Waals surface area contributed by atoms with Crippen LogP contribution in [0.4, 0.5) is 0 Å². The summed E-state index contributed by atoms with van der Waals surface area (Å²) in [5.74, 6) is -1.80. The van der Waals surface area contributed by atoms with Crippen LogP contribution in [0, 0.1) is 6.92 Å². The van der Waals surface area contributed by atoms with E-state index in [1.807, 2.05) is 49.4 Å². The first-order valence-electron chi connectivity index (χ1n) is 7.75. The molecule has 0 fully saturated rings. The van der Waals surface area contributed by atoms with Gasteiger partial charge in [-0.3, -0.25) is 9.59 Å². The van der Waals surface area contributed by atoms with Gasteiger partial charge in [0.25, 0.3) is 11.9 Å². The standard InChI is InChI=1S/C16H16O2.2C2H4O2/c1-12-10-15(17)16(18)11-14(12)9-5-8-13-6-3-2-4-7-13;2*1-2(3)4/h2-8,10-11,17-18H,9H2,1H3;2*1H3,(H,3,4). The van der Waals surface area contributed by atoms with Crippen LogP contribution >= 0.6 is 0 Å². The van der Waals surface area contributed by atoms with Crippen molar-refractivity contribution in [1.82, 2.24) is 0 Å². The third-order valence-electron chi connectivity index (χ3n) is 2.88. The molecular weight excluding hydrogens is 336 g/mol. The van der Waals surface area contributed by atoms with Crippen LogP contribution in [0.25, 0.3) is 6.08 Å². The lowest BCUT2D eigenvalue weighted by Crippen LogP contribution is -1.87. The van der Waals surface area contributed by atoms with E-state index in [0.717, 1.165) is 37.0 Å². The van der Waals surface area contributed by atoms with Gasteiger partial charge in [-0.15, -0.1) is 0 Å². The molecule has 0 atom stereocenters. The zero-order valence-electron chi connectivity index (χ0n) is 15.0. The van der Waals surface area contributed by atoms with Gasteiger partial charge in [0, 0.05) is 13.8 Å². The van der Waals surface area contributed by atoms with Crippen molar-refractivity contribution >= 4 is 18.0 Å². The lowest BCUT2D eigenvalue weighted by Gasteiger charge is -2.05. The first kappa shape index (κ1) is 22.7. The van der Waals surface area contributed by atoms with Crippen LogP contribution in [0.2, 0.25) is 0 Å². The highest BCUT2D eigenvalue weighted by atomic mass is 16.4. The number of phenolic OH excluding ortho intramolecular Hbond substituents is 2. The highest BCUT2D eigenvalue weighted by molar-refractivity contribution is 5.63. The number of carboxylic acid groups (broad SMARTS) is 2. The van der Waals surface area contributed by atoms with E-state index >= 15 is 0 Å². The second-order valence-corrected chi connectivity index (χ2v) is 5.32. The average molecular weight is 360 g/mol. The molecule has 0 aliphatic heterocycles. The lowest BCUT2D eigenvalue weighted by molar-refractivity contribution is -0.135. The zero-order chi connectivity index (χ0) is 20.1. The van der Waals surface area contributed by atoms with Gasteiger partial charge in [-0.05, 0) is 42.2 Å². The van der Waals surface area contributed by atoms with Gasteiger partial charge in [0.15, 0.2) is 11.5 Å². The lowest BCUT2D eigenvalue weighted by atomic mass is 10.0. The maximum absolute atomic E-state index is 9.47. The SMILES string of the molecule is CC(=O)O.CC(=O)O.Cc1cc(O)c(O)cc1CC=Cc1ccccc1. The van der Waals surface area contributed by atoms with E-state index < -0.39 is 11.9 Å². The summed E-state index contributed by atoms with van der Waals surface area (Å²) in [6, 6.07) is 13.3.